The Kier molecular flexibility index (Phi) is 8.63. The fourth-order valence-electron chi connectivity index (χ4n) is 2.88. The van der Waals surface area contributed by atoms with E-state index in [1.807, 2.05) is 0 Å². The molecule has 0 saturated carbocycles. The van der Waals surface area contributed by atoms with Crippen LogP contribution in [0.1, 0.15) is 37.6 Å². The van der Waals surface area contributed by atoms with Gasteiger partial charge in [-0.05, 0) is 18.2 Å². The second kappa shape index (κ2) is 11.0. The zero-order chi connectivity index (χ0) is 22.3. The van der Waals surface area contributed by atoms with Crippen molar-refractivity contribution in [3.8, 4) is 5.75 Å². The molecule has 1 heterocycles. The minimum Gasteiger partial charge on any atom is -0.464 e. The molecule has 2 rings (SSSR count). The molecule has 0 amide bonds. The van der Waals surface area contributed by atoms with Crippen LogP contribution in [0.5, 0.6) is 5.75 Å². The molecule has 10 nitrogen and oxygen atoms in total. The third kappa shape index (κ3) is 6.71. The van der Waals surface area contributed by atoms with E-state index in [0.717, 1.165) is 0 Å². The van der Waals surface area contributed by atoms with Gasteiger partial charge in [-0.25, -0.2) is 0 Å². The van der Waals surface area contributed by atoms with Gasteiger partial charge in [0.25, 0.3) is 0 Å². The van der Waals surface area contributed by atoms with Gasteiger partial charge in [-0.2, -0.15) is 0 Å². The van der Waals surface area contributed by atoms with Crippen molar-refractivity contribution in [2.75, 3.05) is 6.61 Å². The molecular weight excluding hydrogens is 420 g/mol. The number of carbonyl (C=O) groups is 4. The van der Waals surface area contributed by atoms with Crippen LogP contribution in [0.4, 0.5) is 0 Å². The van der Waals surface area contributed by atoms with E-state index in [-0.39, 0.29) is 23.7 Å². The van der Waals surface area contributed by atoms with Crippen LogP contribution in [-0.2, 0) is 33.3 Å². The first-order valence-corrected chi connectivity index (χ1v) is 9.71. The normalized spacial score (nSPS) is 23.2. The molecule has 1 aromatic carbocycles. The number of ether oxygens (including phenoxy) is 5. The van der Waals surface area contributed by atoms with Crippen molar-refractivity contribution in [1.29, 1.82) is 0 Å². The van der Waals surface area contributed by atoms with Gasteiger partial charge in [-0.15, -0.1) is 0 Å². The first-order valence-electron chi connectivity index (χ1n) is 8.94. The van der Waals surface area contributed by atoms with E-state index < -0.39 is 42.5 Å². The fraction of sp³-hybridized carbons (Fsp3) is 0.474. The smallest absolute Gasteiger partial charge is 0.303 e. The first-order chi connectivity index (χ1) is 14.2. The summed E-state index contributed by atoms with van der Waals surface area (Å²) in [7, 11) is 0. The second-order valence-corrected chi connectivity index (χ2v) is 7.02. The van der Waals surface area contributed by atoms with Crippen LogP contribution >= 0.6 is 12.0 Å². The zero-order valence-electron chi connectivity index (χ0n) is 16.6. The van der Waals surface area contributed by atoms with Crippen molar-refractivity contribution in [3.05, 3.63) is 23.8 Å². The summed E-state index contributed by atoms with van der Waals surface area (Å²) in [5, 5.41) is 0. The van der Waals surface area contributed by atoms with E-state index in [1.54, 1.807) is 0 Å². The van der Waals surface area contributed by atoms with Gasteiger partial charge in [0.15, 0.2) is 6.10 Å². The fourth-order valence-corrected chi connectivity index (χ4v) is 3.28. The Bertz CT molecular complexity index is 796. The molecule has 1 N–H and O–H groups in total. The number of rotatable bonds is 8. The lowest BCUT2D eigenvalue weighted by atomic mass is 10.0. The average molecular weight is 442 g/mol. The minimum atomic E-state index is -1.02. The summed E-state index contributed by atoms with van der Waals surface area (Å²) in [4.78, 5) is 45.5. The van der Waals surface area contributed by atoms with Crippen LogP contribution < -0.4 is 4.74 Å². The van der Waals surface area contributed by atoms with E-state index in [0.29, 0.717) is 23.9 Å². The summed E-state index contributed by atoms with van der Waals surface area (Å²) in [6.07, 6.45) is -3.29. The number of hydrogen-bond donors (Lipinski definition) is 1. The van der Waals surface area contributed by atoms with Gasteiger partial charge in [0, 0.05) is 38.4 Å². The van der Waals surface area contributed by atoms with Crippen molar-refractivity contribution in [3.63, 3.8) is 0 Å². The predicted molar refractivity (Wildman–Crippen MR) is 102 cm³/mol. The summed E-state index contributed by atoms with van der Waals surface area (Å²) < 4.78 is 36.6. The van der Waals surface area contributed by atoms with Crippen LogP contribution in [0, 0.1) is 0 Å². The zero-order valence-corrected chi connectivity index (χ0v) is 17.4. The average Bonchev–Trinajstić information content (AvgIpc) is 2.68. The molecule has 164 valence electrons. The molecule has 0 radical (unpaired) electrons. The predicted octanol–water partition coefficient (Wildman–Crippen LogP) is 1.98. The Morgan fingerprint density at radius 3 is 2.43 bits per heavy atom. The highest BCUT2D eigenvalue weighted by Gasteiger charge is 2.44. The van der Waals surface area contributed by atoms with Crippen LogP contribution in [0.25, 0.3) is 0 Å². The van der Waals surface area contributed by atoms with Crippen LogP contribution in [0.15, 0.2) is 23.1 Å². The molecule has 30 heavy (non-hydrogen) atoms. The molecule has 1 aliphatic rings. The van der Waals surface area contributed by atoms with E-state index >= 15 is 0 Å². The molecule has 11 heteroatoms. The summed E-state index contributed by atoms with van der Waals surface area (Å²) in [5.74, 6) is -1.59. The summed E-state index contributed by atoms with van der Waals surface area (Å²) in [6, 6.07) is 4.40. The Hall–Kier alpha value is -2.63. The topological polar surface area (TPSA) is 135 Å². The summed E-state index contributed by atoms with van der Waals surface area (Å²) in [5.41, 5.74) is 0.337. The quantitative estimate of drug-likeness (QED) is 0.274. The third-order valence-corrected chi connectivity index (χ3v) is 4.53. The number of benzene rings is 1. The Balaban J connectivity index is 2.27. The largest absolute Gasteiger partial charge is 0.464 e. The molecule has 4 unspecified atom stereocenters. The van der Waals surface area contributed by atoms with Gasteiger partial charge in [0.2, 0.25) is 6.29 Å². The van der Waals surface area contributed by atoms with E-state index in [1.165, 1.54) is 39.0 Å². The molecule has 0 aliphatic carbocycles. The highest BCUT2D eigenvalue weighted by atomic mass is 32.2. The molecular formula is C19H22O10S. The van der Waals surface area contributed by atoms with Gasteiger partial charge in [-0.1, -0.05) is 0 Å². The number of aldehydes is 1. The molecule has 1 fully saturated rings. The Morgan fingerprint density at radius 2 is 1.87 bits per heavy atom. The van der Waals surface area contributed by atoms with Crippen molar-refractivity contribution in [2.45, 2.75) is 56.7 Å². The van der Waals surface area contributed by atoms with Crippen LogP contribution in [0.2, 0.25) is 0 Å². The van der Waals surface area contributed by atoms with Crippen LogP contribution in [-0.4, -0.2) is 60.0 Å². The molecule has 1 saturated heterocycles. The van der Waals surface area contributed by atoms with Crippen LogP contribution in [0.3, 0.4) is 0 Å². The maximum Gasteiger partial charge on any atom is 0.303 e. The van der Waals surface area contributed by atoms with Gasteiger partial charge in [-0.3, -0.25) is 19.2 Å². The molecule has 4 atom stereocenters. The lowest BCUT2D eigenvalue weighted by Gasteiger charge is -2.40. The summed E-state index contributed by atoms with van der Waals surface area (Å²) >= 11 is 0.385. The lowest BCUT2D eigenvalue weighted by Crippen LogP contribution is -2.54. The van der Waals surface area contributed by atoms with E-state index in [2.05, 4.69) is 0 Å². The molecule has 1 aliphatic heterocycles. The number of carbonyl (C=O) groups excluding carboxylic acids is 4. The van der Waals surface area contributed by atoms with Gasteiger partial charge in [0.05, 0.1) is 11.3 Å². The SMILES string of the molecule is CC(=O)OCC1OC(Oc2ccc(C=O)cc2SO)CC(OC(C)=O)C1OC(C)=O. The third-order valence-electron chi connectivity index (χ3n) is 4.02. The van der Waals surface area contributed by atoms with Gasteiger partial charge in [0.1, 0.15) is 30.9 Å². The Morgan fingerprint density at radius 1 is 1.17 bits per heavy atom. The van der Waals surface area contributed by atoms with Gasteiger partial charge >= 0.3 is 17.9 Å². The monoisotopic (exact) mass is 442 g/mol. The molecule has 0 spiro atoms. The Labute approximate surface area is 177 Å². The second-order valence-electron chi connectivity index (χ2n) is 6.40. The standard InChI is InChI=1S/C19H22O10S/c1-10(21)25-9-16-19(27-12(3)23)15(26-11(2)22)7-18(29-16)28-14-5-4-13(8-20)6-17(14)30-24/h4-6,8,15-16,18-19,24H,7,9H2,1-3H3. The molecule has 1 aromatic rings. The minimum absolute atomic E-state index is 0.000927. The van der Waals surface area contributed by atoms with Crippen molar-refractivity contribution in [1.82, 2.24) is 0 Å². The van der Waals surface area contributed by atoms with Crippen molar-refractivity contribution < 1.29 is 47.4 Å². The number of esters is 3. The van der Waals surface area contributed by atoms with Crippen molar-refractivity contribution >= 4 is 36.2 Å². The molecule has 0 bridgehead atoms. The van der Waals surface area contributed by atoms with Gasteiger partial charge < -0.3 is 28.2 Å². The lowest BCUT2D eigenvalue weighted by molar-refractivity contribution is -0.246. The van der Waals surface area contributed by atoms with Crippen molar-refractivity contribution in [2.24, 2.45) is 0 Å². The highest BCUT2D eigenvalue weighted by molar-refractivity contribution is 7.93. The maximum absolute atomic E-state index is 11.6. The summed E-state index contributed by atoms with van der Waals surface area (Å²) in [6.45, 7) is 3.34. The highest BCUT2D eigenvalue weighted by Crippen LogP contribution is 2.33. The van der Waals surface area contributed by atoms with E-state index in [9.17, 15) is 23.7 Å². The first kappa shape index (κ1) is 23.6. The number of hydrogen-bond acceptors (Lipinski definition) is 11. The molecule has 0 aromatic heterocycles. The van der Waals surface area contributed by atoms with E-state index in [4.69, 9.17) is 23.7 Å². The maximum atomic E-state index is 11.6.